The number of rotatable bonds is 21. The van der Waals surface area contributed by atoms with Crippen molar-refractivity contribution in [1.29, 1.82) is 0 Å². The zero-order chi connectivity index (χ0) is 24.6. The van der Waals surface area contributed by atoms with Crippen molar-refractivity contribution in [3.05, 3.63) is 12.2 Å². The number of carbonyl (C=O) groups excluding carboxylic acids is 4. The fourth-order valence-electron chi connectivity index (χ4n) is 2.61. The molecule has 11 heteroatoms. The smallest absolute Gasteiger partial charge is 0.407 e. The summed E-state index contributed by atoms with van der Waals surface area (Å²) in [6, 6.07) is 0. The lowest BCUT2D eigenvalue weighted by atomic mass is 9.97. The van der Waals surface area contributed by atoms with Crippen molar-refractivity contribution in [3.63, 3.8) is 0 Å². The molecule has 0 rings (SSSR count). The molecule has 0 spiro atoms. The van der Waals surface area contributed by atoms with E-state index in [1.54, 1.807) is 6.92 Å². The highest BCUT2D eigenvalue weighted by Gasteiger charge is 2.09. The summed E-state index contributed by atoms with van der Waals surface area (Å²) >= 11 is 0. The number of isocyanates is 2. The maximum absolute atomic E-state index is 11.7. The number of carbonyl (C=O) groups is 2. The Hall–Kier alpha value is -2.84. The second-order valence-corrected chi connectivity index (χ2v) is 7.11. The van der Waals surface area contributed by atoms with Crippen LogP contribution in [0.15, 0.2) is 22.1 Å². The van der Waals surface area contributed by atoms with Gasteiger partial charge in [0.2, 0.25) is 12.2 Å². The van der Waals surface area contributed by atoms with Crippen molar-refractivity contribution in [2.24, 2.45) is 15.9 Å². The van der Waals surface area contributed by atoms with Crippen LogP contribution in [0.1, 0.15) is 39.0 Å². The van der Waals surface area contributed by atoms with Crippen LogP contribution in [0.3, 0.4) is 0 Å². The van der Waals surface area contributed by atoms with Crippen LogP contribution < -0.4 is 5.32 Å². The molecule has 1 unspecified atom stereocenters. The Labute approximate surface area is 194 Å². The van der Waals surface area contributed by atoms with Crippen molar-refractivity contribution < 1.29 is 38.1 Å². The monoisotopic (exact) mass is 469 g/mol. The standard InChI is InChI=1S/C22H35N3O8/c1-19(2)21(28)32-14-12-30-10-5-11-31-13-15-33-22(29)25-9-4-7-20(16-24-18-27)6-3-8-23-17-26/h20H,1,3-16H2,2H3,(H,25,29). The fourth-order valence-corrected chi connectivity index (χ4v) is 2.61. The van der Waals surface area contributed by atoms with Gasteiger partial charge in [0.25, 0.3) is 0 Å². The number of ether oxygens (including phenoxy) is 4. The predicted molar refractivity (Wildman–Crippen MR) is 119 cm³/mol. The summed E-state index contributed by atoms with van der Waals surface area (Å²) in [4.78, 5) is 50.3. The summed E-state index contributed by atoms with van der Waals surface area (Å²) in [6.07, 6.45) is 6.11. The summed E-state index contributed by atoms with van der Waals surface area (Å²) in [6.45, 7) is 8.09. The first kappa shape index (κ1) is 30.2. The number of nitrogens with zero attached hydrogens (tertiary/aromatic N) is 2. The molecule has 0 aromatic heterocycles. The Balaban J connectivity index is 3.60. The third-order valence-corrected chi connectivity index (χ3v) is 4.27. The molecule has 1 amide bonds. The summed E-state index contributed by atoms with van der Waals surface area (Å²) in [5, 5.41) is 2.66. The lowest BCUT2D eigenvalue weighted by molar-refractivity contribution is -0.140. The first-order valence-electron chi connectivity index (χ1n) is 11.0. The minimum Gasteiger partial charge on any atom is -0.460 e. The molecule has 0 aromatic carbocycles. The maximum Gasteiger partial charge on any atom is 0.407 e. The van der Waals surface area contributed by atoms with Crippen molar-refractivity contribution in [3.8, 4) is 0 Å². The van der Waals surface area contributed by atoms with E-state index in [1.165, 1.54) is 12.2 Å². The van der Waals surface area contributed by atoms with Gasteiger partial charge in [-0.2, -0.15) is 0 Å². The third kappa shape index (κ3) is 20.8. The third-order valence-electron chi connectivity index (χ3n) is 4.27. The lowest BCUT2D eigenvalue weighted by Gasteiger charge is -2.13. The van der Waals surface area contributed by atoms with Crippen LogP contribution in [-0.4, -0.2) is 83.5 Å². The number of nitrogens with one attached hydrogen (secondary N) is 1. The highest BCUT2D eigenvalue weighted by molar-refractivity contribution is 5.86. The molecule has 0 heterocycles. The Morgan fingerprint density at radius 3 is 2.15 bits per heavy atom. The molecule has 186 valence electrons. The van der Waals surface area contributed by atoms with E-state index in [9.17, 15) is 19.2 Å². The van der Waals surface area contributed by atoms with Crippen molar-refractivity contribution in [2.45, 2.75) is 39.0 Å². The summed E-state index contributed by atoms with van der Waals surface area (Å²) in [5.74, 6) is -0.271. The SMILES string of the molecule is C=C(C)C(=O)OCCOCCCOCCOC(=O)NCCCC(CCCN=C=O)CN=C=O. The van der Waals surface area contributed by atoms with E-state index in [-0.39, 0.29) is 25.7 Å². The molecule has 0 bridgehead atoms. The van der Waals surface area contributed by atoms with Crippen LogP contribution >= 0.6 is 0 Å². The van der Waals surface area contributed by atoms with Crippen molar-refractivity contribution >= 4 is 24.2 Å². The van der Waals surface area contributed by atoms with Gasteiger partial charge in [-0.25, -0.2) is 29.2 Å². The molecule has 11 nitrogen and oxygen atoms in total. The minimum atomic E-state index is -0.519. The Morgan fingerprint density at radius 1 is 0.879 bits per heavy atom. The quantitative estimate of drug-likeness (QED) is 0.0885. The first-order valence-corrected chi connectivity index (χ1v) is 11.0. The average molecular weight is 470 g/mol. The molecule has 0 aliphatic carbocycles. The highest BCUT2D eigenvalue weighted by Crippen LogP contribution is 2.14. The molecule has 0 aliphatic rings. The van der Waals surface area contributed by atoms with Gasteiger partial charge in [0.15, 0.2) is 0 Å². The molecule has 1 atom stereocenters. The van der Waals surface area contributed by atoms with Gasteiger partial charge in [-0.05, 0) is 44.9 Å². The van der Waals surface area contributed by atoms with Crippen molar-refractivity contribution in [1.82, 2.24) is 5.32 Å². The van der Waals surface area contributed by atoms with Crippen LogP contribution in [0.5, 0.6) is 0 Å². The fraction of sp³-hybridized carbons (Fsp3) is 0.727. The molecular formula is C22H35N3O8. The molecule has 0 aliphatic heterocycles. The second-order valence-electron chi connectivity index (χ2n) is 7.11. The molecule has 0 aromatic rings. The largest absolute Gasteiger partial charge is 0.460 e. The van der Waals surface area contributed by atoms with E-state index in [0.717, 1.165) is 12.8 Å². The van der Waals surface area contributed by atoms with Gasteiger partial charge in [0.05, 0.1) is 26.3 Å². The van der Waals surface area contributed by atoms with E-state index >= 15 is 0 Å². The Kier molecular flexibility index (Phi) is 20.4. The molecule has 0 saturated carbocycles. The van der Waals surface area contributed by atoms with E-state index in [4.69, 9.17) is 18.9 Å². The van der Waals surface area contributed by atoms with Gasteiger partial charge in [-0.1, -0.05) is 6.58 Å². The molecule has 0 saturated heterocycles. The van der Waals surface area contributed by atoms with Gasteiger partial charge < -0.3 is 24.3 Å². The topological polar surface area (TPSA) is 142 Å². The van der Waals surface area contributed by atoms with Gasteiger partial charge in [-0.15, -0.1) is 0 Å². The second kappa shape index (κ2) is 22.4. The zero-order valence-electron chi connectivity index (χ0n) is 19.3. The van der Waals surface area contributed by atoms with Gasteiger partial charge in [-0.3, -0.25) is 0 Å². The van der Waals surface area contributed by atoms with E-state index in [2.05, 4.69) is 21.9 Å². The van der Waals surface area contributed by atoms with Crippen LogP contribution in [-0.2, 0) is 33.3 Å². The summed E-state index contributed by atoms with van der Waals surface area (Å²) in [7, 11) is 0. The molecular weight excluding hydrogens is 434 g/mol. The number of alkyl carbamates (subject to hydrolysis) is 1. The minimum absolute atomic E-state index is 0.136. The number of esters is 1. The zero-order valence-corrected chi connectivity index (χ0v) is 19.3. The summed E-state index contributed by atoms with van der Waals surface area (Å²) in [5.41, 5.74) is 0.351. The van der Waals surface area contributed by atoms with Gasteiger partial charge >= 0.3 is 12.1 Å². The number of amides is 1. The number of hydrogen-bond donors (Lipinski definition) is 1. The normalized spacial score (nSPS) is 10.9. The maximum atomic E-state index is 11.7. The van der Waals surface area contributed by atoms with Crippen LogP contribution in [0.25, 0.3) is 0 Å². The van der Waals surface area contributed by atoms with E-state index in [0.29, 0.717) is 64.3 Å². The average Bonchev–Trinajstić information content (AvgIpc) is 2.80. The predicted octanol–water partition coefficient (Wildman–Crippen LogP) is 2.10. The molecule has 33 heavy (non-hydrogen) atoms. The van der Waals surface area contributed by atoms with Crippen molar-refractivity contribution in [2.75, 3.05) is 59.3 Å². The van der Waals surface area contributed by atoms with Crippen LogP contribution in [0.2, 0.25) is 0 Å². The van der Waals surface area contributed by atoms with Gasteiger partial charge in [0, 0.05) is 25.3 Å². The van der Waals surface area contributed by atoms with E-state index in [1.807, 2.05) is 0 Å². The Bertz CT molecular complexity index is 658. The first-order chi connectivity index (χ1) is 16.0. The van der Waals surface area contributed by atoms with Gasteiger partial charge in [0.1, 0.15) is 13.2 Å². The lowest BCUT2D eigenvalue weighted by Crippen LogP contribution is -2.27. The molecule has 0 radical (unpaired) electrons. The molecule has 0 fully saturated rings. The van der Waals surface area contributed by atoms with Crippen LogP contribution in [0.4, 0.5) is 4.79 Å². The van der Waals surface area contributed by atoms with E-state index < -0.39 is 12.1 Å². The Morgan fingerprint density at radius 2 is 1.52 bits per heavy atom. The molecule has 1 N–H and O–H groups in total. The summed E-state index contributed by atoms with van der Waals surface area (Å²) < 4.78 is 20.6. The highest BCUT2D eigenvalue weighted by atomic mass is 16.6. The van der Waals surface area contributed by atoms with Crippen LogP contribution in [0, 0.1) is 5.92 Å². The number of hydrogen-bond acceptors (Lipinski definition) is 10. The number of aliphatic imine (C=N–C) groups is 2.